The number of nitro benzene ring substituents is 2. The lowest BCUT2D eigenvalue weighted by Gasteiger charge is -2.04. The van der Waals surface area contributed by atoms with Crippen LogP contribution >= 0.6 is 0 Å². The molecule has 0 aliphatic carbocycles. The summed E-state index contributed by atoms with van der Waals surface area (Å²) >= 11 is 0. The molecule has 0 aliphatic heterocycles. The van der Waals surface area contributed by atoms with Gasteiger partial charge in [-0.05, 0) is 18.2 Å². The number of carbonyl (C=O) groups is 1. The maximum atomic E-state index is 12.4. The van der Waals surface area contributed by atoms with Gasteiger partial charge in [-0.25, -0.2) is 4.98 Å². The molecule has 0 saturated heterocycles. The first kappa shape index (κ1) is 15.3. The Morgan fingerprint density at radius 2 is 1.83 bits per heavy atom. The molecule has 0 saturated carbocycles. The molecule has 0 unspecified atom stereocenters. The lowest BCUT2D eigenvalue weighted by molar-refractivity contribution is -0.394. The third-order valence-corrected chi connectivity index (χ3v) is 3.54. The SMILES string of the molecule is O=C(Cc1ccc([N+](=O)[O-])cc1[N+](=O)[O-])n1cnc2ccccc21. The van der Waals surface area contributed by atoms with E-state index in [2.05, 4.69) is 4.98 Å². The Kier molecular flexibility index (Phi) is 3.74. The fourth-order valence-corrected chi connectivity index (χ4v) is 2.39. The predicted octanol–water partition coefficient (Wildman–Crippen LogP) is 2.74. The Hall–Kier alpha value is -3.62. The van der Waals surface area contributed by atoms with Crippen molar-refractivity contribution in [3.63, 3.8) is 0 Å². The number of carbonyl (C=O) groups excluding carboxylic acids is 1. The van der Waals surface area contributed by atoms with Crippen molar-refractivity contribution in [2.75, 3.05) is 0 Å². The molecule has 9 nitrogen and oxygen atoms in total. The Balaban J connectivity index is 1.97. The van der Waals surface area contributed by atoms with E-state index >= 15 is 0 Å². The zero-order valence-corrected chi connectivity index (χ0v) is 12.2. The van der Waals surface area contributed by atoms with Gasteiger partial charge < -0.3 is 0 Å². The van der Waals surface area contributed by atoms with Gasteiger partial charge in [-0.2, -0.15) is 0 Å². The van der Waals surface area contributed by atoms with Crippen LogP contribution in [-0.4, -0.2) is 25.3 Å². The first-order valence-electron chi connectivity index (χ1n) is 6.84. The highest BCUT2D eigenvalue weighted by atomic mass is 16.6. The molecule has 0 N–H and O–H groups in total. The van der Waals surface area contributed by atoms with Crippen LogP contribution in [0.1, 0.15) is 10.4 Å². The minimum absolute atomic E-state index is 0.105. The molecule has 0 bridgehead atoms. The summed E-state index contributed by atoms with van der Waals surface area (Å²) in [4.78, 5) is 37.0. The second-order valence-corrected chi connectivity index (χ2v) is 5.00. The van der Waals surface area contributed by atoms with Gasteiger partial charge >= 0.3 is 0 Å². The zero-order valence-electron chi connectivity index (χ0n) is 12.2. The second kappa shape index (κ2) is 5.88. The summed E-state index contributed by atoms with van der Waals surface area (Å²) in [6.45, 7) is 0. The molecule has 0 spiro atoms. The van der Waals surface area contributed by atoms with Crippen LogP contribution in [0.5, 0.6) is 0 Å². The number of rotatable bonds is 4. The largest absolute Gasteiger partial charge is 0.279 e. The summed E-state index contributed by atoms with van der Waals surface area (Å²) in [6.07, 6.45) is 1.08. The summed E-state index contributed by atoms with van der Waals surface area (Å²) in [5.41, 5.74) is 0.470. The van der Waals surface area contributed by atoms with Crippen LogP contribution < -0.4 is 0 Å². The van der Waals surface area contributed by atoms with Crippen molar-refractivity contribution in [3.05, 3.63) is 74.6 Å². The lowest BCUT2D eigenvalue weighted by Crippen LogP contribution is -2.13. The normalized spacial score (nSPS) is 10.7. The molecule has 0 aliphatic rings. The lowest BCUT2D eigenvalue weighted by atomic mass is 10.1. The molecule has 24 heavy (non-hydrogen) atoms. The number of non-ortho nitro benzene ring substituents is 1. The Morgan fingerprint density at radius 3 is 2.54 bits per heavy atom. The highest BCUT2D eigenvalue weighted by Crippen LogP contribution is 2.25. The third kappa shape index (κ3) is 2.70. The van der Waals surface area contributed by atoms with Crippen molar-refractivity contribution < 1.29 is 14.6 Å². The van der Waals surface area contributed by atoms with Crippen molar-refractivity contribution in [3.8, 4) is 0 Å². The van der Waals surface area contributed by atoms with Gasteiger partial charge in [0.15, 0.2) is 0 Å². The molecule has 0 atom stereocenters. The van der Waals surface area contributed by atoms with Crippen LogP contribution in [0.3, 0.4) is 0 Å². The summed E-state index contributed by atoms with van der Waals surface area (Å²) in [5.74, 6) is -0.416. The topological polar surface area (TPSA) is 121 Å². The average molecular weight is 326 g/mol. The summed E-state index contributed by atoms with van der Waals surface area (Å²) in [6, 6.07) is 10.2. The number of para-hydroxylation sites is 2. The Bertz CT molecular complexity index is 979. The third-order valence-electron chi connectivity index (χ3n) is 3.54. The minimum atomic E-state index is -0.734. The van der Waals surface area contributed by atoms with Gasteiger partial charge in [0.2, 0.25) is 5.91 Å². The fourth-order valence-electron chi connectivity index (χ4n) is 2.39. The average Bonchev–Trinajstić information content (AvgIpc) is 2.98. The van der Waals surface area contributed by atoms with E-state index in [4.69, 9.17) is 0 Å². The van der Waals surface area contributed by atoms with Gasteiger partial charge in [0.1, 0.15) is 6.33 Å². The maximum Gasteiger partial charge on any atom is 0.279 e. The molecule has 9 heteroatoms. The number of hydrogen-bond acceptors (Lipinski definition) is 6. The molecule has 3 aromatic rings. The Labute approximate surface area is 134 Å². The van der Waals surface area contributed by atoms with Crippen LogP contribution in [-0.2, 0) is 6.42 Å². The highest BCUT2D eigenvalue weighted by molar-refractivity contribution is 5.91. The monoisotopic (exact) mass is 326 g/mol. The van der Waals surface area contributed by atoms with E-state index in [1.165, 1.54) is 17.0 Å². The van der Waals surface area contributed by atoms with Gasteiger partial charge in [0.05, 0.1) is 33.4 Å². The summed E-state index contributed by atoms with van der Waals surface area (Å²) in [5, 5.41) is 21.9. The van der Waals surface area contributed by atoms with Crippen molar-refractivity contribution in [1.82, 2.24) is 9.55 Å². The van der Waals surface area contributed by atoms with Crippen molar-refractivity contribution in [2.45, 2.75) is 6.42 Å². The highest BCUT2D eigenvalue weighted by Gasteiger charge is 2.22. The van der Waals surface area contributed by atoms with Gasteiger partial charge in [0.25, 0.3) is 11.4 Å². The van der Waals surface area contributed by atoms with E-state index in [0.29, 0.717) is 11.0 Å². The number of nitro groups is 2. The van der Waals surface area contributed by atoms with Crippen LogP contribution in [0.15, 0.2) is 48.8 Å². The van der Waals surface area contributed by atoms with Crippen molar-refractivity contribution in [2.24, 2.45) is 0 Å². The summed E-state index contributed by atoms with van der Waals surface area (Å²) in [7, 11) is 0. The van der Waals surface area contributed by atoms with Crippen LogP contribution in [0.25, 0.3) is 11.0 Å². The summed E-state index contributed by atoms with van der Waals surface area (Å²) < 4.78 is 1.31. The fraction of sp³-hybridized carbons (Fsp3) is 0.0667. The number of hydrogen-bond donors (Lipinski definition) is 0. The first-order chi connectivity index (χ1) is 11.5. The quantitative estimate of drug-likeness (QED) is 0.536. The molecule has 3 rings (SSSR count). The Morgan fingerprint density at radius 1 is 1.08 bits per heavy atom. The molecule has 0 amide bonds. The molecule has 0 fully saturated rings. The molecule has 0 radical (unpaired) electrons. The minimum Gasteiger partial charge on any atom is -0.274 e. The number of aromatic nitrogens is 2. The van der Waals surface area contributed by atoms with Crippen LogP contribution in [0.2, 0.25) is 0 Å². The van der Waals surface area contributed by atoms with Gasteiger partial charge in [0, 0.05) is 11.6 Å². The van der Waals surface area contributed by atoms with E-state index in [1.807, 2.05) is 0 Å². The first-order valence-corrected chi connectivity index (χ1v) is 6.84. The zero-order chi connectivity index (χ0) is 17.3. The molecular weight excluding hydrogens is 316 g/mol. The van der Waals surface area contributed by atoms with Crippen LogP contribution in [0.4, 0.5) is 11.4 Å². The van der Waals surface area contributed by atoms with Crippen molar-refractivity contribution >= 4 is 28.3 Å². The molecular formula is C15H10N4O5. The van der Waals surface area contributed by atoms with E-state index < -0.39 is 27.1 Å². The predicted molar refractivity (Wildman–Crippen MR) is 83.8 cm³/mol. The van der Waals surface area contributed by atoms with Gasteiger partial charge in [-0.1, -0.05) is 12.1 Å². The van der Waals surface area contributed by atoms with Gasteiger partial charge in [-0.15, -0.1) is 0 Å². The molecule has 1 aromatic heterocycles. The standard InChI is InChI=1S/C15H10N4O5/c20-15(17-9-16-12-3-1-2-4-13(12)17)7-10-5-6-11(18(21)22)8-14(10)19(23)24/h1-6,8-9H,7H2. The van der Waals surface area contributed by atoms with Crippen LogP contribution in [0, 0.1) is 20.2 Å². The maximum absolute atomic E-state index is 12.4. The van der Waals surface area contributed by atoms with Crippen molar-refractivity contribution in [1.29, 1.82) is 0 Å². The number of nitrogens with zero attached hydrogens (tertiary/aromatic N) is 4. The molecule has 120 valence electrons. The van der Waals surface area contributed by atoms with E-state index in [9.17, 15) is 25.0 Å². The molecule has 2 aromatic carbocycles. The second-order valence-electron chi connectivity index (χ2n) is 5.00. The number of imidazole rings is 1. The van der Waals surface area contributed by atoms with E-state index in [1.54, 1.807) is 24.3 Å². The van der Waals surface area contributed by atoms with E-state index in [0.717, 1.165) is 12.1 Å². The number of fused-ring (bicyclic) bond motifs is 1. The number of benzene rings is 2. The van der Waals surface area contributed by atoms with Gasteiger partial charge in [-0.3, -0.25) is 29.6 Å². The smallest absolute Gasteiger partial charge is 0.274 e. The molecule has 1 heterocycles. The van der Waals surface area contributed by atoms with E-state index in [-0.39, 0.29) is 12.0 Å².